The number of carbonyl (C=O) groups is 5. The lowest BCUT2D eigenvalue weighted by atomic mass is 10.0. The van der Waals surface area contributed by atoms with Crippen molar-refractivity contribution in [2.75, 3.05) is 13.8 Å². The Bertz CT molecular complexity index is 1490. The summed E-state index contributed by atoms with van der Waals surface area (Å²) in [6.07, 6.45) is 0. The predicted molar refractivity (Wildman–Crippen MR) is 199 cm³/mol. The van der Waals surface area contributed by atoms with Gasteiger partial charge in [-0.3, -0.25) is 24.1 Å². The predicted octanol–water partition coefficient (Wildman–Crippen LogP) is 4.89. The van der Waals surface area contributed by atoms with Crippen molar-refractivity contribution in [3.8, 4) is 11.5 Å². The van der Waals surface area contributed by atoms with E-state index in [1.165, 1.54) is 123 Å². The second kappa shape index (κ2) is 25.3. The lowest BCUT2D eigenvalue weighted by Gasteiger charge is -2.41. The Morgan fingerprint density at radius 2 is 1.02 bits per heavy atom. The molecular weight excluding hydrogens is 716 g/mol. The number of hydrogen-bond donors (Lipinski definition) is 5. The van der Waals surface area contributed by atoms with Crippen molar-refractivity contribution < 1.29 is 67.4 Å². The maximum atomic E-state index is 12.4. The molecule has 0 heterocycles. The Labute approximate surface area is 313 Å². The average molecular weight is 777 g/mol. The quantitative estimate of drug-likeness (QED) is 0.168. The summed E-state index contributed by atoms with van der Waals surface area (Å²) < 4.78 is 34.5. The number of benzene rings is 2. The maximum Gasteiger partial charge on any atom is 0.329 e. The first-order valence-electron chi connectivity index (χ1n) is 16.3. The number of rotatable bonds is 9. The Balaban J connectivity index is -0.000000330. The number of phenols is 1. The number of nitrogens with zero attached hydrogens (tertiary/aromatic N) is 2. The van der Waals surface area contributed by atoms with E-state index < -0.39 is 44.7 Å². The van der Waals surface area contributed by atoms with Gasteiger partial charge in [-0.05, 0) is 90.1 Å². The van der Waals surface area contributed by atoms with E-state index in [-0.39, 0.29) is 34.1 Å². The highest BCUT2D eigenvalue weighted by molar-refractivity contribution is 7.91. The molecule has 0 aliphatic carbocycles. The van der Waals surface area contributed by atoms with Crippen molar-refractivity contribution in [3.63, 3.8) is 0 Å². The second-order valence-electron chi connectivity index (χ2n) is 11.7. The number of esters is 1. The van der Waals surface area contributed by atoms with Gasteiger partial charge in [-0.1, -0.05) is 27.7 Å². The third kappa shape index (κ3) is 22.7. The molecule has 0 radical (unpaired) electrons. The van der Waals surface area contributed by atoms with Crippen LogP contribution in [-0.2, 0) is 38.5 Å². The molecule has 0 aliphatic rings. The third-order valence-electron chi connectivity index (χ3n) is 6.01. The number of carboxylic acid groups (broad SMARTS) is 2. The van der Waals surface area contributed by atoms with Crippen LogP contribution in [0, 0.1) is 0 Å². The van der Waals surface area contributed by atoms with Crippen molar-refractivity contribution >= 4 is 39.6 Å². The fraction of sp³-hybridized carbons (Fsp3) is 0.528. The monoisotopic (exact) mass is 776 g/mol. The van der Waals surface area contributed by atoms with Crippen LogP contribution in [0.25, 0.3) is 0 Å². The van der Waals surface area contributed by atoms with Gasteiger partial charge in [0, 0.05) is 34.7 Å². The minimum Gasteiger partial charge on any atom is -0.508 e. The molecule has 304 valence electrons. The number of hydrogen-bond acceptors (Lipinski definition) is 12. The van der Waals surface area contributed by atoms with Crippen LogP contribution >= 0.6 is 0 Å². The minimum atomic E-state index is -3.66. The van der Waals surface area contributed by atoms with Crippen LogP contribution < -0.4 is 4.74 Å². The molecule has 0 saturated heterocycles. The molecule has 0 atom stereocenters. The van der Waals surface area contributed by atoms with Crippen LogP contribution in [0.5, 0.6) is 11.5 Å². The van der Waals surface area contributed by atoms with Crippen molar-refractivity contribution in [3.05, 3.63) is 48.5 Å². The van der Waals surface area contributed by atoms with E-state index in [9.17, 15) is 42.9 Å². The van der Waals surface area contributed by atoms with Gasteiger partial charge in [0.1, 0.15) is 28.5 Å². The first kappa shape index (κ1) is 55.0. The largest absolute Gasteiger partial charge is 0.508 e. The standard InChI is InChI=1S/C15H14O6S.C8H17NO3.C7H13NO3.C2H4O2.2C2H6/c1-11(16)20-10-21-13-4-8-15(9-5-13)22(18,19)14-6-2-12(17)3-7-14;1-6(10)9(7(2,3)11)8(4,5)12;1-5(9)8(4)7(2,3)6(10)11;1-2(3)4;2*1-2/h2-9,17H,10H2,1H3;11-12H,1-5H3;1-4H3,(H,10,11);1H3,(H,3,4);2*1-2H3. The molecule has 2 rings (SSSR count). The van der Waals surface area contributed by atoms with Crippen LogP contribution in [0.15, 0.2) is 58.3 Å². The number of phenolic OH excluding ortho intramolecular Hbond substituents is 1. The maximum absolute atomic E-state index is 12.4. The van der Waals surface area contributed by atoms with Gasteiger partial charge >= 0.3 is 11.9 Å². The number of aromatic hydroxyl groups is 1. The lowest BCUT2D eigenvalue weighted by molar-refractivity contribution is -0.203. The number of carbonyl (C=O) groups excluding carboxylic acids is 3. The highest BCUT2D eigenvalue weighted by Crippen LogP contribution is 2.25. The van der Waals surface area contributed by atoms with E-state index in [0.29, 0.717) is 5.75 Å². The summed E-state index contributed by atoms with van der Waals surface area (Å²) >= 11 is 0. The Hall–Kier alpha value is -4.74. The van der Waals surface area contributed by atoms with Gasteiger partial charge in [0.25, 0.3) is 5.97 Å². The highest BCUT2D eigenvalue weighted by atomic mass is 32.2. The molecule has 17 heteroatoms. The van der Waals surface area contributed by atoms with Crippen molar-refractivity contribution in [1.29, 1.82) is 0 Å². The molecular formula is C36H60N2O14S. The summed E-state index contributed by atoms with van der Waals surface area (Å²) in [7, 11) is -2.19. The van der Waals surface area contributed by atoms with E-state index in [4.69, 9.17) is 19.7 Å². The van der Waals surface area contributed by atoms with Crippen LogP contribution in [0.1, 0.15) is 96.9 Å². The Morgan fingerprint density at radius 3 is 1.25 bits per heavy atom. The molecule has 0 fully saturated rings. The van der Waals surface area contributed by atoms with Gasteiger partial charge in [0.15, 0.2) is 0 Å². The van der Waals surface area contributed by atoms with Gasteiger partial charge < -0.3 is 39.9 Å². The summed E-state index contributed by atoms with van der Waals surface area (Å²) in [5, 5.41) is 44.3. The number of aliphatic carboxylic acids is 2. The first-order valence-corrected chi connectivity index (χ1v) is 17.8. The Morgan fingerprint density at radius 1 is 0.679 bits per heavy atom. The summed E-state index contributed by atoms with van der Waals surface area (Å²) in [5.41, 5.74) is -3.81. The SMILES string of the molecule is CC.CC.CC(=O)N(C(C)(C)O)C(C)(C)O.CC(=O)N(C)C(C)(C)C(=O)O.CC(=O)O.CC(=O)OCOc1ccc(S(=O)(=O)c2ccc(O)cc2)cc1. The van der Waals surface area contributed by atoms with Crippen molar-refractivity contribution in [2.45, 2.75) is 124 Å². The van der Waals surface area contributed by atoms with Crippen LogP contribution in [-0.4, -0.2) is 104 Å². The van der Waals surface area contributed by atoms with Gasteiger partial charge in [0.05, 0.1) is 9.79 Å². The van der Waals surface area contributed by atoms with Crippen molar-refractivity contribution in [1.82, 2.24) is 9.80 Å². The Kier molecular flexibility index (Phi) is 26.2. The van der Waals surface area contributed by atoms with E-state index >= 15 is 0 Å². The van der Waals surface area contributed by atoms with Gasteiger partial charge in [0.2, 0.25) is 28.4 Å². The summed E-state index contributed by atoms with van der Waals surface area (Å²) in [6.45, 7) is 21.5. The van der Waals surface area contributed by atoms with Crippen LogP contribution in [0.2, 0.25) is 0 Å². The van der Waals surface area contributed by atoms with Crippen LogP contribution in [0.4, 0.5) is 0 Å². The van der Waals surface area contributed by atoms with Crippen molar-refractivity contribution in [2.24, 2.45) is 0 Å². The van der Waals surface area contributed by atoms with Gasteiger partial charge in [-0.2, -0.15) is 0 Å². The molecule has 16 nitrogen and oxygen atoms in total. The zero-order chi connectivity index (χ0) is 43.1. The molecule has 53 heavy (non-hydrogen) atoms. The average Bonchev–Trinajstić information content (AvgIpc) is 3.01. The zero-order valence-corrected chi connectivity index (χ0v) is 34.4. The summed E-state index contributed by atoms with van der Waals surface area (Å²) in [6, 6.07) is 11.0. The fourth-order valence-corrected chi connectivity index (χ4v) is 4.90. The molecule has 2 aromatic carbocycles. The van der Waals surface area contributed by atoms with E-state index in [1.807, 2.05) is 27.7 Å². The number of ether oxygens (including phenoxy) is 2. The van der Waals surface area contributed by atoms with E-state index in [1.54, 1.807) is 0 Å². The van der Waals surface area contributed by atoms with E-state index in [0.717, 1.165) is 11.8 Å². The number of sulfone groups is 1. The molecule has 0 bridgehead atoms. The number of amides is 2. The molecule has 0 spiro atoms. The summed E-state index contributed by atoms with van der Waals surface area (Å²) in [4.78, 5) is 54.4. The first-order chi connectivity index (χ1) is 24.0. The molecule has 0 aliphatic heterocycles. The second-order valence-corrected chi connectivity index (χ2v) is 13.6. The van der Waals surface area contributed by atoms with Crippen LogP contribution in [0.3, 0.4) is 0 Å². The molecule has 5 N–H and O–H groups in total. The summed E-state index contributed by atoms with van der Waals surface area (Å²) in [5.74, 6) is -2.55. The number of aliphatic hydroxyl groups is 2. The molecule has 2 aromatic rings. The minimum absolute atomic E-state index is 0.00632. The molecule has 0 unspecified atom stereocenters. The number of carboxylic acids is 2. The lowest BCUT2D eigenvalue weighted by Crippen LogP contribution is -2.57. The number of likely N-dealkylation sites (N-methyl/N-ethyl adjacent to an activating group) is 1. The van der Waals surface area contributed by atoms with Gasteiger partial charge in [-0.15, -0.1) is 0 Å². The highest BCUT2D eigenvalue weighted by Gasteiger charge is 2.36. The smallest absolute Gasteiger partial charge is 0.329 e. The molecule has 0 aromatic heterocycles. The normalized spacial score (nSPS) is 10.4. The zero-order valence-electron chi connectivity index (χ0n) is 33.5. The molecule has 0 saturated carbocycles. The third-order valence-corrected chi connectivity index (χ3v) is 7.80. The topological polar surface area (TPSA) is 246 Å². The van der Waals surface area contributed by atoms with E-state index in [2.05, 4.69) is 4.74 Å². The molecule has 2 amide bonds. The van der Waals surface area contributed by atoms with Gasteiger partial charge in [-0.25, -0.2) is 13.2 Å². The fourth-order valence-electron chi connectivity index (χ4n) is 3.63.